The number of hydrogen-bond acceptors (Lipinski definition) is 5. The normalized spacial score (nSPS) is 15.2. The smallest absolute Gasteiger partial charge is 0.241 e. The van der Waals surface area contributed by atoms with Gasteiger partial charge < -0.3 is 13.9 Å². The minimum absolute atomic E-state index is 0.125. The van der Waals surface area contributed by atoms with Crippen LogP contribution in [-0.4, -0.2) is 21.6 Å². The second-order valence-electron chi connectivity index (χ2n) is 5.84. The van der Waals surface area contributed by atoms with Gasteiger partial charge in [-0.15, -0.1) is 0 Å². The van der Waals surface area contributed by atoms with Gasteiger partial charge >= 0.3 is 0 Å². The number of fused-ring (bicyclic) bond motifs is 2. The van der Waals surface area contributed by atoms with E-state index in [1.807, 2.05) is 30.3 Å². The summed E-state index contributed by atoms with van der Waals surface area (Å²) in [7, 11) is -3.72. The Kier molecular flexibility index (Phi) is 3.89. The van der Waals surface area contributed by atoms with E-state index in [9.17, 15) is 8.42 Å². The Morgan fingerprint density at radius 1 is 1.00 bits per heavy atom. The molecule has 1 atom stereocenters. The van der Waals surface area contributed by atoms with Crippen LogP contribution in [0, 0.1) is 0 Å². The van der Waals surface area contributed by atoms with Crippen molar-refractivity contribution in [1.29, 1.82) is 0 Å². The average molecular weight is 359 g/mol. The zero-order valence-electron chi connectivity index (χ0n) is 13.6. The van der Waals surface area contributed by atoms with Crippen LogP contribution in [0.25, 0.3) is 11.0 Å². The Hall–Kier alpha value is -2.51. The molecule has 1 aliphatic heterocycles. The zero-order chi connectivity index (χ0) is 17.4. The van der Waals surface area contributed by atoms with Gasteiger partial charge in [-0.3, -0.25) is 0 Å². The number of hydrogen-bond donors (Lipinski definition) is 1. The van der Waals surface area contributed by atoms with Gasteiger partial charge in [-0.1, -0.05) is 18.2 Å². The molecule has 0 aliphatic carbocycles. The average Bonchev–Trinajstić information content (AvgIpc) is 3.05. The molecule has 1 aromatic heterocycles. The predicted molar refractivity (Wildman–Crippen MR) is 92.4 cm³/mol. The van der Waals surface area contributed by atoms with Crippen LogP contribution in [-0.2, 0) is 10.0 Å². The molecule has 6 nitrogen and oxygen atoms in total. The molecule has 0 fully saturated rings. The summed E-state index contributed by atoms with van der Waals surface area (Å²) in [5.41, 5.74) is 0.725. The van der Waals surface area contributed by atoms with Crippen molar-refractivity contribution in [1.82, 2.24) is 4.72 Å². The van der Waals surface area contributed by atoms with E-state index in [0.29, 0.717) is 30.5 Å². The Morgan fingerprint density at radius 3 is 2.56 bits per heavy atom. The molecule has 1 N–H and O–H groups in total. The SMILES string of the molecule is CC(NS(=O)(=O)c1ccc2c(c1)OCCO2)c1cc2ccccc2o1. The van der Waals surface area contributed by atoms with Gasteiger partial charge in [-0.2, -0.15) is 0 Å². The van der Waals surface area contributed by atoms with Crippen LogP contribution in [0.4, 0.5) is 0 Å². The molecule has 1 aliphatic rings. The highest BCUT2D eigenvalue weighted by Gasteiger charge is 2.23. The summed E-state index contributed by atoms with van der Waals surface area (Å²) in [6.07, 6.45) is 0. The summed E-state index contributed by atoms with van der Waals surface area (Å²) >= 11 is 0. The molecule has 0 amide bonds. The van der Waals surface area contributed by atoms with Gasteiger partial charge in [0, 0.05) is 11.5 Å². The third kappa shape index (κ3) is 3.08. The van der Waals surface area contributed by atoms with E-state index in [2.05, 4.69) is 4.72 Å². The Morgan fingerprint density at radius 2 is 1.76 bits per heavy atom. The van der Waals surface area contributed by atoms with Crippen LogP contribution in [0.1, 0.15) is 18.7 Å². The first-order valence-electron chi connectivity index (χ1n) is 7.93. The number of sulfonamides is 1. The van der Waals surface area contributed by atoms with Gasteiger partial charge in [0.1, 0.15) is 24.6 Å². The van der Waals surface area contributed by atoms with Gasteiger partial charge in [-0.25, -0.2) is 13.1 Å². The van der Waals surface area contributed by atoms with E-state index in [1.165, 1.54) is 12.1 Å². The molecule has 2 heterocycles. The summed E-state index contributed by atoms with van der Waals surface area (Å²) in [5.74, 6) is 1.54. The van der Waals surface area contributed by atoms with Crippen LogP contribution in [0.3, 0.4) is 0 Å². The van der Waals surface area contributed by atoms with Gasteiger partial charge in [0.25, 0.3) is 0 Å². The minimum atomic E-state index is -3.72. The van der Waals surface area contributed by atoms with E-state index in [4.69, 9.17) is 13.9 Å². The highest BCUT2D eigenvalue weighted by atomic mass is 32.2. The lowest BCUT2D eigenvalue weighted by atomic mass is 10.2. The number of ether oxygens (including phenoxy) is 2. The molecule has 0 radical (unpaired) electrons. The summed E-state index contributed by atoms with van der Waals surface area (Å²) in [5, 5.41) is 0.933. The van der Waals surface area contributed by atoms with Crippen molar-refractivity contribution in [3.8, 4) is 11.5 Å². The third-order valence-electron chi connectivity index (χ3n) is 4.03. The van der Waals surface area contributed by atoms with Gasteiger partial charge in [-0.05, 0) is 31.2 Å². The first kappa shape index (κ1) is 16.0. The third-order valence-corrected chi connectivity index (χ3v) is 5.57. The van der Waals surface area contributed by atoms with Crippen molar-refractivity contribution >= 4 is 21.0 Å². The standard InChI is InChI=1S/C18H17NO5S/c1-12(17-10-13-4-2-3-5-15(13)24-17)19-25(20,21)14-6-7-16-18(11-14)23-9-8-22-16/h2-7,10-12,19H,8-9H2,1H3. The summed E-state index contributed by atoms with van der Waals surface area (Å²) in [6, 6.07) is 13.5. The van der Waals surface area contributed by atoms with Gasteiger partial charge in [0.05, 0.1) is 10.9 Å². The molecule has 4 rings (SSSR count). The molecule has 25 heavy (non-hydrogen) atoms. The summed E-state index contributed by atoms with van der Waals surface area (Å²) in [4.78, 5) is 0.125. The monoisotopic (exact) mass is 359 g/mol. The predicted octanol–water partition coefficient (Wildman–Crippen LogP) is 3.24. The maximum Gasteiger partial charge on any atom is 0.241 e. The maximum absolute atomic E-state index is 12.7. The lowest BCUT2D eigenvalue weighted by Crippen LogP contribution is -2.27. The van der Waals surface area contributed by atoms with E-state index in [1.54, 1.807) is 13.0 Å². The quantitative estimate of drug-likeness (QED) is 0.774. The Labute approximate surface area is 145 Å². The lowest BCUT2D eigenvalue weighted by Gasteiger charge is -2.19. The molecule has 0 saturated heterocycles. The van der Waals surface area contributed by atoms with Crippen molar-refractivity contribution in [2.24, 2.45) is 0 Å². The first-order valence-corrected chi connectivity index (χ1v) is 9.42. The number of rotatable bonds is 4. The number of nitrogens with one attached hydrogen (secondary N) is 1. The lowest BCUT2D eigenvalue weighted by molar-refractivity contribution is 0.171. The zero-order valence-corrected chi connectivity index (χ0v) is 14.4. The van der Waals surface area contributed by atoms with E-state index >= 15 is 0 Å². The Bertz CT molecular complexity index is 992. The van der Waals surface area contributed by atoms with Crippen molar-refractivity contribution in [2.75, 3.05) is 13.2 Å². The van der Waals surface area contributed by atoms with Crippen molar-refractivity contribution in [3.05, 3.63) is 54.3 Å². The molecular weight excluding hydrogens is 342 g/mol. The molecule has 0 spiro atoms. The maximum atomic E-state index is 12.7. The fourth-order valence-electron chi connectivity index (χ4n) is 2.77. The Balaban J connectivity index is 1.60. The van der Waals surface area contributed by atoms with Crippen molar-refractivity contribution in [2.45, 2.75) is 17.9 Å². The molecule has 1 unspecified atom stereocenters. The summed E-state index contributed by atoms with van der Waals surface area (Å²) in [6.45, 7) is 2.60. The molecule has 0 saturated carbocycles. The van der Waals surface area contributed by atoms with E-state index < -0.39 is 16.1 Å². The summed E-state index contributed by atoms with van der Waals surface area (Å²) < 4.78 is 44.6. The number of para-hydroxylation sites is 1. The molecular formula is C18H17NO5S. The van der Waals surface area contributed by atoms with Crippen molar-refractivity contribution < 1.29 is 22.3 Å². The van der Waals surface area contributed by atoms with Crippen LogP contribution in [0.2, 0.25) is 0 Å². The first-order chi connectivity index (χ1) is 12.0. The van der Waals surface area contributed by atoms with Gasteiger partial charge in [0.2, 0.25) is 10.0 Å². The highest BCUT2D eigenvalue weighted by molar-refractivity contribution is 7.89. The van der Waals surface area contributed by atoms with Gasteiger partial charge in [0.15, 0.2) is 11.5 Å². The number of benzene rings is 2. The largest absolute Gasteiger partial charge is 0.486 e. The highest BCUT2D eigenvalue weighted by Crippen LogP contribution is 2.33. The van der Waals surface area contributed by atoms with Crippen LogP contribution >= 0.6 is 0 Å². The van der Waals surface area contributed by atoms with E-state index in [0.717, 1.165) is 11.0 Å². The number of furan rings is 1. The fourth-order valence-corrected chi connectivity index (χ4v) is 3.99. The topological polar surface area (TPSA) is 77.8 Å². The second-order valence-corrected chi connectivity index (χ2v) is 7.55. The van der Waals surface area contributed by atoms with Crippen LogP contribution < -0.4 is 14.2 Å². The van der Waals surface area contributed by atoms with E-state index in [-0.39, 0.29) is 4.90 Å². The molecule has 3 aromatic rings. The van der Waals surface area contributed by atoms with Crippen LogP contribution in [0.5, 0.6) is 11.5 Å². The molecule has 130 valence electrons. The minimum Gasteiger partial charge on any atom is -0.486 e. The van der Waals surface area contributed by atoms with Crippen molar-refractivity contribution in [3.63, 3.8) is 0 Å². The molecule has 7 heteroatoms. The molecule has 2 aromatic carbocycles. The van der Waals surface area contributed by atoms with Crippen LogP contribution in [0.15, 0.2) is 57.8 Å². The fraction of sp³-hybridized carbons (Fsp3) is 0.222. The molecule has 0 bridgehead atoms. The second kappa shape index (κ2) is 6.09.